The highest BCUT2D eigenvalue weighted by molar-refractivity contribution is 8.01. The Hall–Kier alpha value is -2.20. The Morgan fingerprint density at radius 1 is 1.32 bits per heavy atom. The van der Waals surface area contributed by atoms with Gasteiger partial charge in [0.15, 0.2) is 4.34 Å². The molecule has 0 bridgehead atoms. The van der Waals surface area contributed by atoms with E-state index in [0.29, 0.717) is 9.47 Å². The van der Waals surface area contributed by atoms with E-state index < -0.39 is 17.8 Å². The molecular weight excluding hydrogens is 329 g/mol. The zero-order valence-electron chi connectivity index (χ0n) is 11.4. The quantitative estimate of drug-likeness (QED) is 0.721. The predicted molar refractivity (Wildman–Crippen MR) is 83.7 cm³/mol. The fraction of sp³-hybridized carbons (Fsp3) is 0.167. The van der Waals surface area contributed by atoms with Gasteiger partial charge >= 0.3 is 6.03 Å². The van der Waals surface area contributed by atoms with Gasteiger partial charge in [-0.2, -0.15) is 0 Å². The van der Waals surface area contributed by atoms with E-state index in [2.05, 4.69) is 26.1 Å². The molecule has 0 saturated carbocycles. The zero-order chi connectivity index (χ0) is 15.9. The van der Waals surface area contributed by atoms with Crippen LogP contribution < -0.4 is 16.0 Å². The molecule has 2 rings (SSSR count). The number of carbonyl (C=O) groups is 2. The van der Waals surface area contributed by atoms with E-state index in [-0.39, 0.29) is 11.4 Å². The molecular formula is C12H12FN5O2S2. The van der Waals surface area contributed by atoms with Crippen molar-refractivity contribution in [3.63, 3.8) is 0 Å². The Labute approximate surface area is 133 Å². The fourth-order valence-electron chi connectivity index (χ4n) is 1.38. The number of benzene rings is 1. The van der Waals surface area contributed by atoms with Crippen LogP contribution in [0.15, 0.2) is 28.6 Å². The van der Waals surface area contributed by atoms with Crippen molar-refractivity contribution < 1.29 is 14.0 Å². The topological polar surface area (TPSA) is 96.0 Å². The van der Waals surface area contributed by atoms with Crippen molar-refractivity contribution in [1.82, 2.24) is 15.5 Å². The Balaban J connectivity index is 1.79. The second kappa shape index (κ2) is 7.71. The molecule has 10 heteroatoms. The highest BCUT2D eigenvalue weighted by Crippen LogP contribution is 2.24. The van der Waals surface area contributed by atoms with Crippen molar-refractivity contribution in [2.24, 2.45) is 0 Å². The van der Waals surface area contributed by atoms with Gasteiger partial charge in [0.05, 0.1) is 11.4 Å². The maximum atomic E-state index is 13.3. The van der Waals surface area contributed by atoms with Gasteiger partial charge in [0, 0.05) is 7.05 Å². The first kappa shape index (κ1) is 16.2. The summed E-state index contributed by atoms with van der Waals surface area (Å²) in [6.45, 7) is 0. The van der Waals surface area contributed by atoms with Gasteiger partial charge in [0.1, 0.15) is 5.82 Å². The fourth-order valence-corrected chi connectivity index (χ4v) is 2.88. The van der Waals surface area contributed by atoms with Gasteiger partial charge in [-0.05, 0) is 12.1 Å². The molecule has 3 N–H and O–H groups in total. The molecule has 1 aromatic carbocycles. The Kier molecular flexibility index (Phi) is 5.67. The second-order valence-electron chi connectivity index (χ2n) is 3.89. The van der Waals surface area contributed by atoms with Crippen molar-refractivity contribution in [3.8, 4) is 0 Å². The molecule has 0 unspecified atom stereocenters. The van der Waals surface area contributed by atoms with Crippen molar-refractivity contribution in [3.05, 3.63) is 30.1 Å². The van der Waals surface area contributed by atoms with Crippen LogP contribution in [0.5, 0.6) is 0 Å². The zero-order valence-corrected chi connectivity index (χ0v) is 13.1. The van der Waals surface area contributed by atoms with E-state index in [9.17, 15) is 14.0 Å². The Morgan fingerprint density at radius 2 is 2.09 bits per heavy atom. The third kappa shape index (κ3) is 4.67. The van der Waals surface area contributed by atoms with Gasteiger partial charge in [-0.15, -0.1) is 10.2 Å². The van der Waals surface area contributed by atoms with Crippen LogP contribution in [0.25, 0.3) is 0 Å². The average molecular weight is 341 g/mol. The smallest absolute Gasteiger partial charge is 0.325 e. The number of imide groups is 1. The van der Waals surface area contributed by atoms with E-state index in [4.69, 9.17) is 0 Å². The summed E-state index contributed by atoms with van der Waals surface area (Å²) in [6, 6.07) is 4.90. The number of amides is 3. The van der Waals surface area contributed by atoms with Crippen LogP contribution >= 0.6 is 23.1 Å². The number of anilines is 2. The minimum Gasteiger partial charge on any atom is -0.363 e. The molecule has 3 amide bonds. The molecule has 0 fully saturated rings. The lowest BCUT2D eigenvalue weighted by molar-refractivity contribution is -0.117. The number of carbonyl (C=O) groups excluding carboxylic acids is 2. The van der Waals surface area contributed by atoms with Gasteiger partial charge in [0.25, 0.3) is 0 Å². The van der Waals surface area contributed by atoms with E-state index in [1.165, 1.54) is 29.5 Å². The van der Waals surface area contributed by atoms with Crippen LogP contribution in [0.4, 0.5) is 20.0 Å². The number of hydrogen-bond donors (Lipinski definition) is 3. The van der Waals surface area contributed by atoms with Gasteiger partial charge in [-0.1, -0.05) is 35.2 Å². The standard InChI is InChI=1S/C12H12FN5O2S2/c1-14-11-17-18-12(22-11)21-6-9(19)16-10(20)15-8-5-3-2-4-7(8)13/h2-5H,6H2,1H3,(H,14,17)(H2,15,16,19,20). The summed E-state index contributed by atoms with van der Waals surface area (Å²) in [6.07, 6.45) is 0. The summed E-state index contributed by atoms with van der Waals surface area (Å²) in [5, 5.41) is 15.5. The SMILES string of the molecule is CNc1nnc(SCC(=O)NC(=O)Nc2ccccc2F)s1. The number of hydrogen-bond acceptors (Lipinski definition) is 7. The minimum atomic E-state index is -0.788. The van der Waals surface area contributed by atoms with Gasteiger partial charge in [-0.3, -0.25) is 10.1 Å². The molecule has 0 spiro atoms. The van der Waals surface area contributed by atoms with E-state index in [0.717, 1.165) is 11.8 Å². The van der Waals surface area contributed by atoms with Crippen molar-refractivity contribution >= 4 is 45.9 Å². The lowest BCUT2D eigenvalue weighted by Crippen LogP contribution is -2.35. The molecule has 0 atom stereocenters. The number of urea groups is 1. The van der Waals surface area contributed by atoms with Gasteiger partial charge in [-0.25, -0.2) is 9.18 Å². The van der Waals surface area contributed by atoms with Crippen LogP contribution in [-0.4, -0.2) is 34.9 Å². The van der Waals surface area contributed by atoms with Crippen LogP contribution in [-0.2, 0) is 4.79 Å². The van der Waals surface area contributed by atoms with Crippen molar-refractivity contribution in [1.29, 1.82) is 0 Å². The Bertz CT molecular complexity index is 679. The summed E-state index contributed by atoms with van der Waals surface area (Å²) < 4.78 is 13.9. The van der Waals surface area contributed by atoms with Crippen LogP contribution in [0.3, 0.4) is 0 Å². The first-order chi connectivity index (χ1) is 10.6. The summed E-state index contributed by atoms with van der Waals surface area (Å²) in [5.41, 5.74) is 0.00300. The highest BCUT2D eigenvalue weighted by atomic mass is 32.2. The largest absolute Gasteiger partial charge is 0.363 e. The van der Waals surface area contributed by atoms with Crippen LogP contribution in [0, 0.1) is 5.82 Å². The molecule has 1 heterocycles. The predicted octanol–water partition coefficient (Wildman–Crippen LogP) is 2.16. The number of nitrogens with zero attached hydrogens (tertiary/aromatic N) is 2. The Morgan fingerprint density at radius 3 is 2.77 bits per heavy atom. The lowest BCUT2D eigenvalue weighted by Gasteiger charge is -2.06. The summed E-state index contributed by atoms with van der Waals surface area (Å²) in [7, 11) is 1.72. The highest BCUT2D eigenvalue weighted by Gasteiger charge is 2.12. The third-order valence-corrected chi connectivity index (χ3v) is 4.40. The molecule has 0 aliphatic heterocycles. The number of halogens is 1. The number of rotatable bonds is 5. The maximum Gasteiger partial charge on any atom is 0.325 e. The average Bonchev–Trinajstić information content (AvgIpc) is 2.95. The normalized spacial score (nSPS) is 10.1. The molecule has 0 saturated heterocycles. The monoisotopic (exact) mass is 341 g/mol. The van der Waals surface area contributed by atoms with Crippen molar-refractivity contribution in [2.75, 3.05) is 23.4 Å². The third-order valence-electron chi connectivity index (χ3n) is 2.32. The molecule has 22 heavy (non-hydrogen) atoms. The first-order valence-electron chi connectivity index (χ1n) is 6.08. The summed E-state index contributed by atoms with van der Waals surface area (Å²) in [4.78, 5) is 23.2. The number of thioether (sulfide) groups is 1. The molecule has 2 aromatic rings. The van der Waals surface area contributed by atoms with E-state index in [1.807, 2.05) is 0 Å². The molecule has 0 radical (unpaired) electrons. The maximum absolute atomic E-state index is 13.3. The van der Waals surface area contributed by atoms with Crippen LogP contribution in [0.2, 0.25) is 0 Å². The van der Waals surface area contributed by atoms with Crippen molar-refractivity contribution in [2.45, 2.75) is 4.34 Å². The molecule has 116 valence electrons. The number of aromatic nitrogens is 2. The van der Waals surface area contributed by atoms with E-state index >= 15 is 0 Å². The number of para-hydroxylation sites is 1. The van der Waals surface area contributed by atoms with Gasteiger partial charge in [0.2, 0.25) is 11.0 Å². The molecule has 7 nitrogen and oxygen atoms in total. The summed E-state index contributed by atoms with van der Waals surface area (Å²) >= 11 is 2.45. The van der Waals surface area contributed by atoms with E-state index in [1.54, 1.807) is 13.1 Å². The van der Waals surface area contributed by atoms with Crippen LogP contribution in [0.1, 0.15) is 0 Å². The first-order valence-corrected chi connectivity index (χ1v) is 7.88. The molecule has 1 aromatic heterocycles. The minimum absolute atomic E-state index is 0.00300. The van der Waals surface area contributed by atoms with Gasteiger partial charge < -0.3 is 10.6 Å². The molecule has 0 aliphatic carbocycles. The second-order valence-corrected chi connectivity index (χ2v) is 6.09. The molecule has 0 aliphatic rings. The number of nitrogens with one attached hydrogen (secondary N) is 3. The summed E-state index contributed by atoms with van der Waals surface area (Å²) in [5.74, 6) is -1.09. The lowest BCUT2D eigenvalue weighted by atomic mass is 10.3.